The van der Waals surface area contributed by atoms with E-state index in [2.05, 4.69) is 22.3 Å². The molecule has 0 atom stereocenters. The summed E-state index contributed by atoms with van der Waals surface area (Å²) in [6, 6.07) is 14.1. The van der Waals surface area contributed by atoms with E-state index in [0.29, 0.717) is 11.1 Å². The fraction of sp³-hybridized carbons (Fsp3) is 0.0769. The predicted molar refractivity (Wildman–Crippen MR) is 73.2 cm³/mol. The van der Waals surface area contributed by atoms with Crippen LogP contribution in [0.3, 0.4) is 0 Å². The third kappa shape index (κ3) is 2.30. The quantitative estimate of drug-likeness (QED) is 0.727. The van der Waals surface area contributed by atoms with Crippen molar-refractivity contribution in [3.8, 4) is 5.75 Å². The highest BCUT2D eigenvalue weighted by Crippen LogP contribution is 2.26. The van der Waals surface area contributed by atoms with E-state index in [-0.39, 0.29) is 0 Å². The summed E-state index contributed by atoms with van der Waals surface area (Å²) in [7, 11) is 0. The van der Waals surface area contributed by atoms with Crippen LogP contribution in [0, 0.1) is 0 Å². The molecule has 0 N–H and O–H groups in total. The van der Waals surface area contributed by atoms with Gasteiger partial charge in [0.1, 0.15) is 12.4 Å². The Balaban J connectivity index is 1.86. The van der Waals surface area contributed by atoms with E-state index in [1.807, 2.05) is 30.3 Å². The molecule has 0 amide bonds. The molecule has 0 aliphatic carbocycles. The average Bonchev–Trinajstić information content (AvgIpc) is 2.82. The van der Waals surface area contributed by atoms with Gasteiger partial charge in [0.25, 0.3) is 0 Å². The van der Waals surface area contributed by atoms with Crippen molar-refractivity contribution in [1.29, 1.82) is 0 Å². The van der Waals surface area contributed by atoms with E-state index in [4.69, 9.17) is 16.3 Å². The van der Waals surface area contributed by atoms with E-state index in [1.165, 1.54) is 11.3 Å². The lowest BCUT2D eigenvalue weighted by atomic mass is 10.1. The number of aromatic nitrogens is 2. The molecule has 1 heterocycles. The summed E-state index contributed by atoms with van der Waals surface area (Å²) in [5, 5.41) is 10.7. The van der Waals surface area contributed by atoms with Crippen LogP contribution >= 0.6 is 22.9 Å². The van der Waals surface area contributed by atoms with Crippen LogP contribution in [0.1, 0.15) is 5.01 Å². The largest absolute Gasteiger partial charge is 0.486 e. The first-order valence-corrected chi connectivity index (χ1v) is 6.61. The molecule has 5 heteroatoms. The second-order valence-corrected chi connectivity index (χ2v) is 5.36. The van der Waals surface area contributed by atoms with Crippen LogP contribution in [0.5, 0.6) is 5.75 Å². The number of halogens is 1. The molecule has 3 nitrogen and oxygen atoms in total. The summed E-state index contributed by atoms with van der Waals surface area (Å²) < 4.78 is 6.20. The smallest absolute Gasteiger partial charge is 0.207 e. The molecular weight excluding hydrogens is 268 g/mol. The molecule has 0 aliphatic heterocycles. The normalized spacial score (nSPS) is 10.7. The van der Waals surface area contributed by atoms with E-state index >= 15 is 0 Å². The number of ether oxygens (including phenoxy) is 1. The maximum absolute atomic E-state index is 5.77. The number of nitrogens with zero attached hydrogens (tertiary/aromatic N) is 2. The molecule has 0 fully saturated rings. The number of fused-ring (bicyclic) bond motifs is 1. The van der Waals surface area contributed by atoms with Crippen LogP contribution in [-0.4, -0.2) is 10.2 Å². The fourth-order valence-electron chi connectivity index (χ4n) is 1.75. The minimum atomic E-state index is 0.387. The zero-order chi connectivity index (χ0) is 12.4. The number of hydrogen-bond donors (Lipinski definition) is 0. The van der Waals surface area contributed by atoms with Gasteiger partial charge < -0.3 is 4.74 Å². The highest BCUT2D eigenvalue weighted by Gasteiger charge is 2.05. The van der Waals surface area contributed by atoms with Crippen molar-refractivity contribution in [2.75, 3.05) is 0 Å². The van der Waals surface area contributed by atoms with Crippen LogP contribution in [0.15, 0.2) is 42.5 Å². The van der Waals surface area contributed by atoms with E-state index in [1.54, 1.807) is 0 Å². The minimum Gasteiger partial charge on any atom is -0.486 e. The Hall–Kier alpha value is -1.65. The third-order valence-corrected chi connectivity index (χ3v) is 3.54. The molecule has 0 unspecified atom stereocenters. The van der Waals surface area contributed by atoms with Gasteiger partial charge in [0, 0.05) is 5.39 Å². The van der Waals surface area contributed by atoms with Crippen LogP contribution < -0.4 is 4.74 Å². The monoisotopic (exact) mass is 276 g/mol. The van der Waals surface area contributed by atoms with Crippen LogP contribution in [0.25, 0.3) is 10.8 Å². The lowest BCUT2D eigenvalue weighted by Gasteiger charge is -2.07. The summed E-state index contributed by atoms with van der Waals surface area (Å²) in [4.78, 5) is 0. The van der Waals surface area contributed by atoms with Gasteiger partial charge in [-0.3, -0.25) is 0 Å². The Morgan fingerprint density at radius 2 is 1.89 bits per heavy atom. The van der Waals surface area contributed by atoms with Crippen LogP contribution in [0.4, 0.5) is 0 Å². The molecule has 3 rings (SSSR count). The minimum absolute atomic E-state index is 0.387. The van der Waals surface area contributed by atoms with Crippen molar-refractivity contribution in [3.63, 3.8) is 0 Å². The summed E-state index contributed by atoms with van der Waals surface area (Å²) in [5.74, 6) is 0.847. The molecule has 0 spiro atoms. The number of benzene rings is 2. The summed E-state index contributed by atoms with van der Waals surface area (Å²) >= 11 is 7.06. The first kappa shape index (κ1) is 11.4. The van der Waals surface area contributed by atoms with Crippen molar-refractivity contribution >= 4 is 33.7 Å². The number of hydrogen-bond acceptors (Lipinski definition) is 4. The van der Waals surface area contributed by atoms with Gasteiger partial charge >= 0.3 is 0 Å². The average molecular weight is 277 g/mol. The summed E-state index contributed by atoms with van der Waals surface area (Å²) in [6.07, 6.45) is 0. The van der Waals surface area contributed by atoms with Gasteiger partial charge in [-0.05, 0) is 23.1 Å². The molecular formula is C13H9ClN2OS. The van der Waals surface area contributed by atoms with Gasteiger partial charge in [0.05, 0.1) is 0 Å². The standard InChI is InChI=1S/C13H9ClN2OS/c14-13-16-15-12(18-13)8-17-11-7-3-5-9-4-1-2-6-10(9)11/h1-7H,8H2. The molecule has 0 bridgehead atoms. The Labute approximate surface area is 113 Å². The van der Waals surface area contributed by atoms with Crippen molar-refractivity contribution < 1.29 is 4.74 Å². The molecule has 0 saturated carbocycles. The maximum Gasteiger partial charge on any atom is 0.207 e. The van der Waals surface area contributed by atoms with Crippen molar-refractivity contribution in [1.82, 2.24) is 10.2 Å². The van der Waals surface area contributed by atoms with Crippen LogP contribution in [0.2, 0.25) is 4.47 Å². The molecule has 90 valence electrons. The lowest BCUT2D eigenvalue weighted by Crippen LogP contribution is -1.95. The maximum atomic E-state index is 5.77. The Bertz CT molecular complexity index is 678. The second kappa shape index (κ2) is 4.92. The molecule has 2 aromatic carbocycles. The van der Waals surface area contributed by atoms with E-state index in [9.17, 15) is 0 Å². The molecule has 0 aliphatic rings. The molecule has 3 aromatic rings. The topological polar surface area (TPSA) is 35.0 Å². The molecule has 0 saturated heterocycles. The highest BCUT2D eigenvalue weighted by atomic mass is 35.5. The van der Waals surface area contributed by atoms with Gasteiger partial charge in [0.15, 0.2) is 5.01 Å². The van der Waals surface area contributed by atoms with E-state index < -0.39 is 0 Å². The Morgan fingerprint density at radius 3 is 2.72 bits per heavy atom. The van der Waals surface area contributed by atoms with Crippen molar-refractivity contribution in [2.45, 2.75) is 6.61 Å². The van der Waals surface area contributed by atoms with Crippen LogP contribution in [-0.2, 0) is 6.61 Å². The van der Waals surface area contributed by atoms with Gasteiger partial charge in [-0.1, -0.05) is 47.7 Å². The van der Waals surface area contributed by atoms with Gasteiger partial charge in [-0.25, -0.2) is 0 Å². The first-order valence-electron chi connectivity index (χ1n) is 5.41. The lowest BCUT2D eigenvalue weighted by molar-refractivity contribution is 0.308. The van der Waals surface area contributed by atoms with E-state index in [0.717, 1.165) is 21.5 Å². The zero-order valence-electron chi connectivity index (χ0n) is 9.34. The zero-order valence-corrected chi connectivity index (χ0v) is 10.9. The fourth-order valence-corrected chi connectivity index (χ4v) is 2.53. The van der Waals surface area contributed by atoms with Crippen molar-refractivity contribution in [2.24, 2.45) is 0 Å². The molecule has 18 heavy (non-hydrogen) atoms. The predicted octanol–water partition coefficient (Wildman–Crippen LogP) is 3.92. The summed E-state index contributed by atoms with van der Waals surface area (Å²) in [6.45, 7) is 0.387. The van der Waals surface area contributed by atoms with Gasteiger partial charge in [-0.15, -0.1) is 10.2 Å². The van der Waals surface area contributed by atoms with Gasteiger partial charge in [0.2, 0.25) is 4.47 Å². The third-order valence-electron chi connectivity index (χ3n) is 2.54. The molecule has 1 aromatic heterocycles. The second-order valence-electron chi connectivity index (χ2n) is 3.71. The highest BCUT2D eigenvalue weighted by molar-refractivity contribution is 7.15. The Kier molecular flexibility index (Phi) is 3.13. The SMILES string of the molecule is Clc1nnc(COc2cccc3ccccc23)s1. The van der Waals surface area contributed by atoms with Gasteiger partial charge in [-0.2, -0.15) is 0 Å². The van der Waals surface area contributed by atoms with Crippen molar-refractivity contribution in [3.05, 3.63) is 51.9 Å². The molecule has 0 radical (unpaired) electrons. The summed E-state index contributed by atoms with van der Waals surface area (Å²) in [5.41, 5.74) is 0. The first-order chi connectivity index (χ1) is 8.83. The Morgan fingerprint density at radius 1 is 1.06 bits per heavy atom. The number of rotatable bonds is 3.